The van der Waals surface area contributed by atoms with E-state index in [1.807, 2.05) is 0 Å². The Kier molecular flexibility index (Phi) is 6.62. The number of benzene rings is 1. The number of halogens is 4. The highest BCUT2D eigenvalue weighted by Gasteiger charge is 2.38. The molecular weight excluding hydrogens is 405 g/mol. The highest BCUT2D eigenvalue weighted by molar-refractivity contribution is 6.31. The lowest BCUT2D eigenvalue weighted by Gasteiger charge is -2.22. The second-order valence-electron chi connectivity index (χ2n) is 7.26. The predicted molar refractivity (Wildman–Crippen MR) is 105 cm³/mol. The Balaban J connectivity index is 1.78. The van der Waals surface area contributed by atoms with Crippen LogP contribution in [0, 0.1) is 12.8 Å². The maximum absolute atomic E-state index is 13.5. The van der Waals surface area contributed by atoms with Crippen LogP contribution in [-0.4, -0.2) is 22.4 Å². The molecule has 0 saturated heterocycles. The van der Waals surface area contributed by atoms with Crippen molar-refractivity contribution < 1.29 is 18.0 Å². The molecule has 0 unspecified atom stereocenters. The molecule has 9 heteroatoms. The maximum atomic E-state index is 13.5. The van der Waals surface area contributed by atoms with Crippen molar-refractivity contribution >= 4 is 29.1 Å². The third-order valence-electron chi connectivity index (χ3n) is 4.99. The summed E-state index contributed by atoms with van der Waals surface area (Å²) in [5.41, 5.74) is -0.589. The Morgan fingerprint density at radius 3 is 2.62 bits per heavy atom. The number of hydrogen-bond acceptors (Lipinski definition) is 4. The van der Waals surface area contributed by atoms with Crippen molar-refractivity contribution in [2.45, 2.75) is 45.2 Å². The van der Waals surface area contributed by atoms with E-state index in [-0.39, 0.29) is 5.95 Å². The minimum Gasteiger partial charge on any atom is -0.352 e. The van der Waals surface area contributed by atoms with Gasteiger partial charge in [-0.3, -0.25) is 4.79 Å². The number of nitrogens with one attached hydrogen (secondary N) is 2. The largest absolute Gasteiger partial charge is 0.434 e. The first kappa shape index (κ1) is 21.4. The van der Waals surface area contributed by atoms with Crippen LogP contribution in [0.4, 0.5) is 24.8 Å². The molecule has 1 aromatic heterocycles. The topological polar surface area (TPSA) is 66.9 Å². The molecule has 1 aliphatic rings. The summed E-state index contributed by atoms with van der Waals surface area (Å²) in [5.74, 6) is -0.753. The Bertz CT molecular complexity index is 883. The highest BCUT2D eigenvalue weighted by Crippen LogP contribution is 2.32. The molecular formula is C20H22ClF3N4O. The number of anilines is 2. The number of amides is 1. The van der Waals surface area contributed by atoms with Crippen LogP contribution < -0.4 is 10.6 Å². The fourth-order valence-corrected chi connectivity index (χ4v) is 3.52. The van der Waals surface area contributed by atoms with Crippen LogP contribution in [0.3, 0.4) is 0 Å². The number of aromatic nitrogens is 2. The first-order valence-electron chi connectivity index (χ1n) is 9.49. The van der Waals surface area contributed by atoms with E-state index in [4.69, 9.17) is 11.6 Å². The zero-order valence-electron chi connectivity index (χ0n) is 15.9. The standard InChI is InChI=1S/C20H22ClF3N4O/c1-12-9-14(7-8-16(12)21)27-19-26-11-15(17(28-19)20(22,23)24)18(29)25-10-13-5-3-2-4-6-13/h7-9,11,13H,2-6,10H2,1H3,(H,25,29)(H,26,27,28). The van der Waals surface area contributed by atoms with E-state index in [0.29, 0.717) is 23.2 Å². The summed E-state index contributed by atoms with van der Waals surface area (Å²) in [4.78, 5) is 19.8. The smallest absolute Gasteiger partial charge is 0.352 e. The number of carbonyl (C=O) groups is 1. The number of carbonyl (C=O) groups excluding carboxylic acids is 1. The molecule has 2 N–H and O–H groups in total. The number of alkyl halides is 3. The van der Waals surface area contributed by atoms with Crippen molar-refractivity contribution in [2.75, 3.05) is 11.9 Å². The summed E-state index contributed by atoms with van der Waals surface area (Å²) in [6.07, 6.45) is 1.42. The van der Waals surface area contributed by atoms with Gasteiger partial charge < -0.3 is 10.6 Å². The zero-order chi connectivity index (χ0) is 21.0. The molecule has 3 rings (SSSR count). The van der Waals surface area contributed by atoms with Gasteiger partial charge in [-0.05, 0) is 49.4 Å². The van der Waals surface area contributed by atoms with Gasteiger partial charge in [-0.25, -0.2) is 9.97 Å². The van der Waals surface area contributed by atoms with E-state index in [2.05, 4.69) is 20.6 Å². The van der Waals surface area contributed by atoms with Crippen LogP contribution in [0.5, 0.6) is 0 Å². The molecule has 156 valence electrons. The molecule has 0 aliphatic heterocycles. The van der Waals surface area contributed by atoms with Gasteiger partial charge in [-0.1, -0.05) is 30.9 Å². The van der Waals surface area contributed by atoms with E-state index in [0.717, 1.165) is 43.9 Å². The first-order valence-corrected chi connectivity index (χ1v) is 9.87. The Labute approximate surface area is 172 Å². The second kappa shape index (κ2) is 8.98. The Hall–Kier alpha value is -2.35. The summed E-state index contributed by atoms with van der Waals surface area (Å²) >= 11 is 5.96. The van der Waals surface area contributed by atoms with Crippen LogP contribution in [0.1, 0.15) is 53.7 Å². The van der Waals surface area contributed by atoms with E-state index < -0.39 is 23.3 Å². The van der Waals surface area contributed by atoms with Gasteiger partial charge in [0.1, 0.15) is 0 Å². The SMILES string of the molecule is Cc1cc(Nc2ncc(C(=O)NCC3CCCCC3)c(C(F)(F)F)n2)ccc1Cl. The van der Waals surface area contributed by atoms with Crippen molar-refractivity contribution in [3.63, 3.8) is 0 Å². The van der Waals surface area contributed by atoms with Gasteiger partial charge in [0.15, 0.2) is 5.69 Å². The van der Waals surface area contributed by atoms with Gasteiger partial charge in [0.05, 0.1) is 5.56 Å². The first-order chi connectivity index (χ1) is 13.7. The Morgan fingerprint density at radius 2 is 1.97 bits per heavy atom. The molecule has 1 saturated carbocycles. The third-order valence-corrected chi connectivity index (χ3v) is 5.42. The summed E-state index contributed by atoms with van der Waals surface area (Å²) in [7, 11) is 0. The summed E-state index contributed by atoms with van der Waals surface area (Å²) in [6, 6.07) is 4.90. The second-order valence-corrected chi connectivity index (χ2v) is 7.66. The van der Waals surface area contributed by atoms with Gasteiger partial charge in [-0.15, -0.1) is 0 Å². The van der Waals surface area contributed by atoms with Gasteiger partial charge in [-0.2, -0.15) is 13.2 Å². The lowest BCUT2D eigenvalue weighted by Crippen LogP contribution is -2.32. The lowest BCUT2D eigenvalue weighted by molar-refractivity contribution is -0.141. The normalized spacial score (nSPS) is 15.2. The average Bonchev–Trinajstić information content (AvgIpc) is 2.69. The van der Waals surface area contributed by atoms with Crippen LogP contribution >= 0.6 is 11.6 Å². The fraction of sp³-hybridized carbons (Fsp3) is 0.450. The number of hydrogen-bond donors (Lipinski definition) is 2. The molecule has 1 fully saturated rings. The third kappa shape index (κ3) is 5.59. The van der Waals surface area contributed by atoms with E-state index in [1.54, 1.807) is 25.1 Å². The van der Waals surface area contributed by atoms with Crippen molar-refractivity contribution in [3.8, 4) is 0 Å². The molecule has 1 aromatic carbocycles. The molecule has 0 bridgehead atoms. The van der Waals surface area contributed by atoms with Crippen molar-refractivity contribution in [1.29, 1.82) is 0 Å². The maximum Gasteiger partial charge on any atom is 0.434 e. The van der Waals surface area contributed by atoms with Crippen LogP contribution in [0.15, 0.2) is 24.4 Å². The van der Waals surface area contributed by atoms with E-state index in [9.17, 15) is 18.0 Å². The highest BCUT2D eigenvalue weighted by atomic mass is 35.5. The fourth-order valence-electron chi connectivity index (χ4n) is 3.40. The van der Waals surface area contributed by atoms with Gasteiger partial charge >= 0.3 is 6.18 Å². The van der Waals surface area contributed by atoms with Gasteiger partial charge in [0, 0.05) is 23.5 Å². The zero-order valence-corrected chi connectivity index (χ0v) is 16.7. The average molecular weight is 427 g/mol. The van der Waals surface area contributed by atoms with Crippen LogP contribution in [0.25, 0.3) is 0 Å². The molecule has 1 amide bonds. The number of aryl methyl sites for hydroxylation is 1. The summed E-state index contributed by atoms with van der Waals surface area (Å²) < 4.78 is 40.6. The minimum atomic E-state index is -4.78. The Morgan fingerprint density at radius 1 is 1.24 bits per heavy atom. The molecule has 0 radical (unpaired) electrons. The van der Waals surface area contributed by atoms with Crippen LogP contribution in [-0.2, 0) is 6.18 Å². The molecule has 1 aliphatic carbocycles. The number of nitrogens with zero attached hydrogens (tertiary/aromatic N) is 2. The monoisotopic (exact) mass is 426 g/mol. The molecule has 0 spiro atoms. The van der Waals surface area contributed by atoms with E-state index in [1.165, 1.54) is 0 Å². The molecule has 0 atom stereocenters. The molecule has 1 heterocycles. The van der Waals surface area contributed by atoms with E-state index >= 15 is 0 Å². The van der Waals surface area contributed by atoms with Crippen LogP contribution in [0.2, 0.25) is 5.02 Å². The van der Waals surface area contributed by atoms with Crippen molar-refractivity contribution in [3.05, 3.63) is 46.2 Å². The van der Waals surface area contributed by atoms with Gasteiger partial charge in [0.2, 0.25) is 5.95 Å². The van der Waals surface area contributed by atoms with Gasteiger partial charge in [0.25, 0.3) is 5.91 Å². The summed E-state index contributed by atoms with van der Waals surface area (Å²) in [6.45, 7) is 2.13. The van der Waals surface area contributed by atoms with Crippen molar-refractivity contribution in [1.82, 2.24) is 15.3 Å². The molecule has 29 heavy (non-hydrogen) atoms. The lowest BCUT2D eigenvalue weighted by atomic mass is 9.89. The van der Waals surface area contributed by atoms with Crippen molar-refractivity contribution in [2.24, 2.45) is 5.92 Å². The predicted octanol–water partition coefficient (Wildman–Crippen LogP) is 5.51. The minimum absolute atomic E-state index is 0.247. The molecule has 2 aromatic rings. The quantitative estimate of drug-likeness (QED) is 0.661. The number of rotatable bonds is 5. The summed E-state index contributed by atoms with van der Waals surface area (Å²) in [5, 5.41) is 5.87. The molecule has 5 nitrogen and oxygen atoms in total.